The van der Waals surface area contributed by atoms with E-state index in [0.717, 1.165) is 12.5 Å². The highest BCUT2D eigenvalue weighted by Gasteiger charge is 2.29. The zero-order valence-electron chi connectivity index (χ0n) is 25.9. The van der Waals surface area contributed by atoms with Crippen LogP contribution in [-0.4, -0.2) is 142 Å². The normalized spacial score (nSPS) is 10.8. The van der Waals surface area contributed by atoms with E-state index >= 15 is 0 Å². The van der Waals surface area contributed by atoms with E-state index in [2.05, 4.69) is 25.5 Å². The molecular formula is C26H46N4O14. The zero-order chi connectivity index (χ0) is 35.1. The fraction of sp³-hybridized carbons (Fsp3) is 0.654. The van der Waals surface area contributed by atoms with Crippen molar-refractivity contribution >= 4 is 42.0 Å². The summed E-state index contributed by atoms with van der Waals surface area (Å²) in [6.45, 7) is 6.44. The van der Waals surface area contributed by atoms with Gasteiger partial charge in [0, 0.05) is 38.8 Å². The van der Waals surface area contributed by atoms with Gasteiger partial charge in [0.25, 0.3) is 0 Å². The molecule has 18 nitrogen and oxygen atoms in total. The average molecular weight is 639 g/mol. The van der Waals surface area contributed by atoms with Crippen molar-refractivity contribution in [3.63, 3.8) is 0 Å². The summed E-state index contributed by atoms with van der Waals surface area (Å²) in [5.74, 6) is -3.83. The molecule has 0 heterocycles. The van der Waals surface area contributed by atoms with E-state index in [9.17, 15) is 33.9 Å². The summed E-state index contributed by atoms with van der Waals surface area (Å²) in [7, 11) is 5.12. The van der Waals surface area contributed by atoms with Crippen molar-refractivity contribution in [3.8, 4) is 0 Å². The topological polar surface area (TPSA) is 272 Å². The molecule has 18 heteroatoms. The summed E-state index contributed by atoms with van der Waals surface area (Å²) in [5.41, 5.74) is 9.76. The third-order valence-corrected chi connectivity index (χ3v) is 5.16. The molecular weight excluding hydrogens is 592 g/mol. The number of nitrogens with two attached hydrogens (primary N) is 2. The SMILES string of the molecule is C=CC(=O)OC.CCCN(CCC(=O)OC)C[C@@H](C(=O)O)N(CCC(=O)OC)CCC(=O)OC.NC[C@H](N)C(=O)O.O=C=O. The van der Waals surface area contributed by atoms with Crippen molar-refractivity contribution < 1.29 is 67.5 Å². The van der Waals surface area contributed by atoms with Crippen molar-refractivity contribution in [2.75, 3.05) is 67.7 Å². The number of carbonyl (C=O) groups excluding carboxylic acids is 6. The fourth-order valence-corrected chi connectivity index (χ4v) is 2.84. The average Bonchev–Trinajstić information content (AvgIpc) is 3.01. The van der Waals surface area contributed by atoms with E-state index in [4.69, 9.17) is 26.2 Å². The van der Waals surface area contributed by atoms with Crippen LogP contribution in [0.5, 0.6) is 0 Å². The number of aliphatic carboxylic acids is 2. The minimum absolute atomic E-state index is 0.00259. The molecule has 44 heavy (non-hydrogen) atoms. The molecule has 0 bridgehead atoms. The maximum absolute atomic E-state index is 11.9. The Morgan fingerprint density at radius 1 is 0.795 bits per heavy atom. The fourth-order valence-electron chi connectivity index (χ4n) is 2.84. The third kappa shape index (κ3) is 29.3. The number of methoxy groups -OCH3 is 4. The molecule has 0 aliphatic carbocycles. The van der Waals surface area contributed by atoms with Crippen LogP contribution in [0.2, 0.25) is 0 Å². The van der Waals surface area contributed by atoms with Gasteiger partial charge in [0.1, 0.15) is 12.1 Å². The second-order valence-corrected chi connectivity index (χ2v) is 8.16. The Balaban J connectivity index is -0.000000406. The number of esters is 4. The van der Waals surface area contributed by atoms with Gasteiger partial charge in [-0.15, -0.1) is 0 Å². The molecule has 0 spiro atoms. The Kier molecular flexibility index (Phi) is 33.7. The van der Waals surface area contributed by atoms with Crippen LogP contribution >= 0.6 is 0 Å². The second kappa shape index (κ2) is 31.7. The molecule has 0 aromatic heterocycles. The van der Waals surface area contributed by atoms with Gasteiger partial charge in [-0.05, 0) is 13.0 Å². The number of rotatable bonds is 18. The van der Waals surface area contributed by atoms with Gasteiger partial charge >= 0.3 is 42.0 Å². The number of hydrogen-bond acceptors (Lipinski definition) is 16. The van der Waals surface area contributed by atoms with E-state index in [-0.39, 0.29) is 57.6 Å². The van der Waals surface area contributed by atoms with Crippen LogP contribution in [0.3, 0.4) is 0 Å². The number of carboxylic acids is 2. The van der Waals surface area contributed by atoms with Crippen molar-refractivity contribution in [3.05, 3.63) is 12.7 Å². The first kappa shape index (κ1) is 46.7. The summed E-state index contributed by atoms with van der Waals surface area (Å²) >= 11 is 0. The summed E-state index contributed by atoms with van der Waals surface area (Å²) in [5, 5.41) is 17.7. The lowest BCUT2D eigenvalue weighted by atomic mass is 10.1. The minimum Gasteiger partial charge on any atom is -0.480 e. The maximum atomic E-state index is 11.9. The van der Waals surface area contributed by atoms with Gasteiger partial charge < -0.3 is 45.5 Å². The van der Waals surface area contributed by atoms with Crippen LogP contribution in [0.15, 0.2) is 12.7 Å². The van der Waals surface area contributed by atoms with Gasteiger partial charge in [-0.2, -0.15) is 9.59 Å². The van der Waals surface area contributed by atoms with Gasteiger partial charge in [-0.1, -0.05) is 13.5 Å². The van der Waals surface area contributed by atoms with E-state index in [1.165, 1.54) is 28.4 Å². The maximum Gasteiger partial charge on any atom is 0.373 e. The van der Waals surface area contributed by atoms with Crippen LogP contribution in [0.1, 0.15) is 32.6 Å². The van der Waals surface area contributed by atoms with Crippen molar-refractivity contribution in [1.29, 1.82) is 0 Å². The lowest BCUT2D eigenvalue weighted by molar-refractivity contribution is -0.192. The summed E-state index contributed by atoms with van der Waals surface area (Å²) in [6.07, 6.45) is 2.28. The Morgan fingerprint density at radius 3 is 1.43 bits per heavy atom. The lowest BCUT2D eigenvalue weighted by Crippen LogP contribution is -2.50. The van der Waals surface area contributed by atoms with Gasteiger partial charge in [0.2, 0.25) is 0 Å². The molecule has 0 radical (unpaired) electrons. The van der Waals surface area contributed by atoms with Crippen molar-refractivity contribution in [2.45, 2.75) is 44.7 Å². The van der Waals surface area contributed by atoms with E-state index in [1.807, 2.05) is 11.8 Å². The first-order valence-corrected chi connectivity index (χ1v) is 13.0. The molecule has 0 aromatic rings. The number of carboxylic acid groups (broad SMARTS) is 2. The van der Waals surface area contributed by atoms with Gasteiger partial charge in [0.05, 0.1) is 47.7 Å². The van der Waals surface area contributed by atoms with Crippen LogP contribution in [0.4, 0.5) is 0 Å². The molecule has 0 saturated carbocycles. The quantitative estimate of drug-likeness (QED) is 0.0736. The first-order chi connectivity index (χ1) is 20.7. The molecule has 0 fully saturated rings. The molecule has 2 atom stereocenters. The van der Waals surface area contributed by atoms with E-state index in [0.29, 0.717) is 13.1 Å². The van der Waals surface area contributed by atoms with Crippen molar-refractivity contribution in [2.24, 2.45) is 11.5 Å². The van der Waals surface area contributed by atoms with E-state index in [1.54, 1.807) is 4.90 Å². The summed E-state index contributed by atoms with van der Waals surface area (Å²) < 4.78 is 18.0. The Labute approximate surface area is 256 Å². The number of ether oxygens (including phenoxy) is 4. The molecule has 0 unspecified atom stereocenters. The monoisotopic (exact) mass is 638 g/mol. The van der Waals surface area contributed by atoms with Gasteiger partial charge in [-0.3, -0.25) is 28.9 Å². The predicted molar refractivity (Wildman–Crippen MR) is 152 cm³/mol. The molecule has 254 valence electrons. The van der Waals surface area contributed by atoms with Crippen LogP contribution in [0.25, 0.3) is 0 Å². The standard InChI is InChI=1S/C18H32N2O8.C4H6O2.C3H8N2O2.CO2/c1-5-9-19(10-6-15(21)26-2)13-14(18(24)25)20(11-7-16(22)27-3)12-8-17(23)28-4;1-3-4(5)6-2;4-1-2(5)3(6)7;2-1-3/h14H,5-13H2,1-4H3,(H,24,25);3H,1H2,2H3;2H,1,4-5H2,(H,6,7);/t14-;;2-;/m0.0./s1. The Morgan fingerprint density at radius 2 is 1.20 bits per heavy atom. The van der Waals surface area contributed by atoms with Gasteiger partial charge in [-0.25, -0.2) is 4.79 Å². The van der Waals surface area contributed by atoms with E-state index < -0.39 is 41.9 Å². The van der Waals surface area contributed by atoms with Crippen LogP contribution < -0.4 is 11.5 Å². The third-order valence-electron chi connectivity index (χ3n) is 5.16. The summed E-state index contributed by atoms with van der Waals surface area (Å²) in [4.78, 5) is 85.5. The van der Waals surface area contributed by atoms with Crippen LogP contribution in [-0.2, 0) is 57.3 Å². The molecule has 0 saturated heterocycles. The number of nitrogens with zero attached hydrogens (tertiary/aromatic N) is 2. The highest BCUT2D eigenvalue weighted by Crippen LogP contribution is 2.09. The van der Waals surface area contributed by atoms with Crippen molar-refractivity contribution in [1.82, 2.24) is 9.80 Å². The summed E-state index contributed by atoms with van der Waals surface area (Å²) in [6, 6.07) is -1.86. The lowest BCUT2D eigenvalue weighted by Gasteiger charge is -2.32. The molecule has 0 aliphatic heterocycles. The molecule has 0 aromatic carbocycles. The highest BCUT2D eigenvalue weighted by molar-refractivity contribution is 5.81. The smallest absolute Gasteiger partial charge is 0.373 e. The largest absolute Gasteiger partial charge is 0.480 e. The Bertz CT molecular complexity index is 874. The first-order valence-electron chi connectivity index (χ1n) is 13.0. The van der Waals surface area contributed by atoms with Crippen LogP contribution in [0, 0.1) is 0 Å². The number of hydrogen-bond donors (Lipinski definition) is 4. The minimum atomic E-state index is -1.08. The van der Waals surface area contributed by atoms with Gasteiger partial charge in [0.15, 0.2) is 0 Å². The second-order valence-electron chi connectivity index (χ2n) is 8.16. The molecule has 6 N–H and O–H groups in total. The predicted octanol–water partition coefficient (Wildman–Crippen LogP) is -1.74. The zero-order valence-corrected chi connectivity index (χ0v) is 25.9. The molecule has 0 amide bonds. The molecule has 0 aliphatic rings. The molecule has 0 rings (SSSR count). The highest BCUT2D eigenvalue weighted by atomic mass is 16.5. The Hall–Kier alpha value is -4.22. The number of carbonyl (C=O) groups is 6.